The zero-order valence-corrected chi connectivity index (χ0v) is 12.2. The number of aliphatic hydroxyl groups is 1. The molecule has 1 aliphatic heterocycles. The van der Waals surface area contributed by atoms with E-state index in [1.807, 2.05) is 4.90 Å². The molecule has 2 rings (SSSR count). The van der Waals surface area contributed by atoms with Crippen LogP contribution >= 0.6 is 0 Å². The molecule has 2 heterocycles. The molecule has 1 aromatic rings. The molecule has 0 bridgehead atoms. The van der Waals surface area contributed by atoms with Crippen molar-refractivity contribution in [1.82, 2.24) is 9.29 Å². The second-order valence-electron chi connectivity index (χ2n) is 5.31. The highest BCUT2D eigenvalue weighted by Gasteiger charge is 2.32. The van der Waals surface area contributed by atoms with Gasteiger partial charge < -0.3 is 10.0 Å². The summed E-state index contributed by atoms with van der Waals surface area (Å²) in [7, 11) is -0.463. The van der Waals surface area contributed by atoms with Crippen molar-refractivity contribution < 1.29 is 13.5 Å². The number of rotatable bonds is 3. The molecule has 1 fully saturated rings. The van der Waals surface area contributed by atoms with E-state index < -0.39 is 15.6 Å². The molecule has 1 saturated heterocycles. The first-order valence-electron chi connectivity index (χ1n) is 6.08. The molecular formula is C12H19N3O3S. The lowest BCUT2D eigenvalue weighted by atomic mass is 10.1. The minimum absolute atomic E-state index is 0.173. The van der Waals surface area contributed by atoms with Crippen LogP contribution in [0.25, 0.3) is 0 Å². The molecule has 6 nitrogen and oxygen atoms in total. The third-order valence-electron chi connectivity index (χ3n) is 3.28. The fourth-order valence-electron chi connectivity index (χ4n) is 2.06. The van der Waals surface area contributed by atoms with Crippen LogP contribution in [0, 0.1) is 0 Å². The van der Waals surface area contributed by atoms with Crippen molar-refractivity contribution >= 4 is 15.8 Å². The van der Waals surface area contributed by atoms with Crippen molar-refractivity contribution in [2.45, 2.75) is 23.8 Å². The Labute approximate surface area is 113 Å². The van der Waals surface area contributed by atoms with E-state index in [1.165, 1.54) is 20.3 Å². The summed E-state index contributed by atoms with van der Waals surface area (Å²) in [6, 6.07) is 3.22. The molecule has 0 spiro atoms. The first-order valence-corrected chi connectivity index (χ1v) is 7.52. The predicted molar refractivity (Wildman–Crippen MR) is 72.6 cm³/mol. The quantitative estimate of drug-likeness (QED) is 0.864. The Morgan fingerprint density at radius 3 is 2.53 bits per heavy atom. The summed E-state index contributed by atoms with van der Waals surface area (Å²) in [5.74, 6) is 0.690. The number of hydrogen-bond acceptors (Lipinski definition) is 5. The Morgan fingerprint density at radius 1 is 1.42 bits per heavy atom. The molecule has 106 valence electrons. The molecule has 1 atom stereocenters. The highest BCUT2D eigenvalue weighted by Crippen LogP contribution is 2.25. The largest absolute Gasteiger partial charge is 0.388 e. The molecule has 7 heteroatoms. The predicted octanol–water partition coefficient (Wildman–Crippen LogP) is 0.293. The summed E-state index contributed by atoms with van der Waals surface area (Å²) >= 11 is 0. The molecule has 1 aliphatic rings. The highest BCUT2D eigenvalue weighted by molar-refractivity contribution is 7.89. The fourth-order valence-corrected chi connectivity index (χ4v) is 2.91. The first-order chi connectivity index (χ1) is 8.72. The maximum Gasteiger partial charge on any atom is 0.244 e. The number of hydrogen-bond donors (Lipinski definition) is 1. The van der Waals surface area contributed by atoms with Gasteiger partial charge in [0.2, 0.25) is 10.0 Å². The van der Waals surface area contributed by atoms with E-state index in [0.29, 0.717) is 18.8 Å². The number of β-amino-alcohol motifs (C(OH)–C–C–N with tert-alkyl or cyclic N) is 1. The van der Waals surface area contributed by atoms with Crippen LogP contribution in [0.3, 0.4) is 0 Å². The van der Waals surface area contributed by atoms with Crippen molar-refractivity contribution in [1.29, 1.82) is 0 Å². The standard InChI is InChI=1S/C12H19N3O3S/c1-12(16)6-7-15(9-12)11-5-4-10(8-13-11)19(17,18)14(2)3/h4-5,8,16H,6-7,9H2,1-3H3. The Bertz CT molecular complexity index is 552. The lowest BCUT2D eigenvalue weighted by Crippen LogP contribution is -2.30. The van der Waals surface area contributed by atoms with Gasteiger partial charge in [0.15, 0.2) is 0 Å². The van der Waals surface area contributed by atoms with Crippen molar-refractivity contribution in [3.8, 4) is 0 Å². The van der Waals surface area contributed by atoms with Crippen LogP contribution in [0.1, 0.15) is 13.3 Å². The zero-order valence-electron chi connectivity index (χ0n) is 11.4. The lowest BCUT2D eigenvalue weighted by molar-refractivity contribution is 0.0839. The van der Waals surface area contributed by atoms with E-state index in [9.17, 15) is 13.5 Å². The minimum atomic E-state index is -3.44. The number of nitrogens with zero attached hydrogens (tertiary/aromatic N) is 3. The molecule has 19 heavy (non-hydrogen) atoms. The van der Waals surface area contributed by atoms with E-state index in [2.05, 4.69) is 4.98 Å². The van der Waals surface area contributed by atoms with Crippen molar-refractivity contribution in [3.63, 3.8) is 0 Å². The van der Waals surface area contributed by atoms with E-state index in [0.717, 1.165) is 10.8 Å². The summed E-state index contributed by atoms with van der Waals surface area (Å²) in [5, 5.41) is 9.91. The van der Waals surface area contributed by atoms with Crippen LogP contribution in [0.5, 0.6) is 0 Å². The maximum absolute atomic E-state index is 11.9. The van der Waals surface area contributed by atoms with Gasteiger partial charge in [-0.25, -0.2) is 17.7 Å². The average Bonchev–Trinajstić information content (AvgIpc) is 2.69. The molecule has 1 aromatic heterocycles. The fraction of sp³-hybridized carbons (Fsp3) is 0.583. The van der Waals surface area contributed by atoms with Gasteiger partial charge in [0, 0.05) is 33.4 Å². The highest BCUT2D eigenvalue weighted by atomic mass is 32.2. The van der Waals surface area contributed by atoms with E-state index in [-0.39, 0.29) is 4.90 Å². The Balaban J connectivity index is 2.21. The second kappa shape index (κ2) is 4.73. The van der Waals surface area contributed by atoms with Gasteiger partial charge in [-0.1, -0.05) is 0 Å². The third-order valence-corrected chi connectivity index (χ3v) is 5.07. The van der Waals surface area contributed by atoms with Gasteiger partial charge in [0.25, 0.3) is 0 Å². The Morgan fingerprint density at radius 2 is 2.11 bits per heavy atom. The number of aromatic nitrogens is 1. The van der Waals surface area contributed by atoms with Crippen molar-refractivity contribution in [2.75, 3.05) is 32.1 Å². The summed E-state index contributed by atoms with van der Waals surface area (Å²) in [6.45, 7) is 3.03. The number of sulfonamides is 1. The monoisotopic (exact) mass is 285 g/mol. The van der Waals surface area contributed by atoms with Crippen molar-refractivity contribution in [2.24, 2.45) is 0 Å². The zero-order chi connectivity index (χ0) is 14.3. The van der Waals surface area contributed by atoms with Gasteiger partial charge >= 0.3 is 0 Å². The maximum atomic E-state index is 11.9. The van der Waals surface area contributed by atoms with Crippen LogP contribution in [-0.4, -0.2) is 55.6 Å². The lowest BCUT2D eigenvalue weighted by Gasteiger charge is -2.20. The van der Waals surface area contributed by atoms with Gasteiger partial charge in [-0.3, -0.25) is 0 Å². The SMILES string of the molecule is CN(C)S(=O)(=O)c1ccc(N2CCC(C)(O)C2)nc1. The molecule has 0 aliphatic carbocycles. The van der Waals surface area contributed by atoms with Crippen LogP contribution < -0.4 is 4.90 Å². The summed E-state index contributed by atoms with van der Waals surface area (Å²) < 4.78 is 25.0. The molecule has 0 saturated carbocycles. The van der Waals surface area contributed by atoms with Crippen LogP contribution in [0.2, 0.25) is 0 Å². The van der Waals surface area contributed by atoms with Gasteiger partial charge in [0.1, 0.15) is 10.7 Å². The molecule has 1 N–H and O–H groups in total. The molecular weight excluding hydrogens is 266 g/mol. The molecule has 0 aromatic carbocycles. The van der Waals surface area contributed by atoms with Crippen LogP contribution in [0.15, 0.2) is 23.2 Å². The molecule has 0 amide bonds. The normalized spacial score (nSPS) is 24.2. The average molecular weight is 285 g/mol. The summed E-state index contributed by atoms with van der Waals surface area (Å²) in [5.41, 5.74) is -0.698. The van der Waals surface area contributed by atoms with Gasteiger partial charge in [0.05, 0.1) is 5.60 Å². The minimum Gasteiger partial charge on any atom is -0.388 e. The van der Waals surface area contributed by atoms with E-state index in [4.69, 9.17) is 0 Å². The summed E-state index contributed by atoms with van der Waals surface area (Å²) in [4.78, 5) is 6.31. The number of pyridine rings is 1. The second-order valence-corrected chi connectivity index (χ2v) is 7.46. The van der Waals surface area contributed by atoms with Gasteiger partial charge in [-0.05, 0) is 25.5 Å². The molecule has 0 radical (unpaired) electrons. The van der Waals surface area contributed by atoms with Crippen molar-refractivity contribution in [3.05, 3.63) is 18.3 Å². The van der Waals surface area contributed by atoms with Crippen LogP contribution in [-0.2, 0) is 10.0 Å². The van der Waals surface area contributed by atoms with E-state index >= 15 is 0 Å². The Kier molecular flexibility index (Phi) is 3.55. The van der Waals surface area contributed by atoms with Gasteiger partial charge in [-0.15, -0.1) is 0 Å². The number of anilines is 1. The van der Waals surface area contributed by atoms with E-state index in [1.54, 1.807) is 19.1 Å². The van der Waals surface area contributed by atoms with Gasteiger partial charge in [-0.2, -0.15) is 0 Å². The third kappa shape index (κ3) is 2.88. The topological polar surface area (TPSA) is 73.7 Å². The molecule has 1 unspecified atom stereocenters. The summed E-state index contributed by atoms with van der Waals surface area (Å²) in [6.07, 6.45) is 2.05. The smallest absolute Gasteiger partial charge is 0.244 e. The van der Waals surface area contributed by atoms with Crippen LogP contribution in [0.4, 0.5) is 5.82 Å². The Hall–Kier alpha value is -1.18. The first kappa shape index (κ1) is 14.2.